The van der Waals surface area contributed by atoms with Crippen LogP contribution in [0.1, 0.15) is 41.0 Å². The number of rotatable bonds is 6. The zero-order valence-corrected chi connectivity index (χ0v) is 12.4. The van der Waals surface area contributed by atoms with Gasteiger partial charge >= 0.3 is 6.18 Å². The van der Waals surface area contributed by atoms with Crippen molar-refractivity contribution in [3.8, 4) is 0 Å². The Morgan fingerprint density at radius 2 is 1.61 bits per heavy atom. The van der Waals surface area contributed by atoms with Crippen LogP contribution in [0, 0.1) is 5.92 Å². The first-order chi connectivity index (χ1) is 7.92. The van der Waals surface area contributed by atoms with E-state index in [0.29, 0.717) is 12.5 Å². The van der Waals surface area contributed by atoms with Crippen LogP contribution in [0.3, 0.4) is 0 Å². The fourth-order valence-electron chi connectivity index (χ4n) is 1.78. The average Bonchev–Trinajstić information content (AvgIpc) is 2.11. The van der Waals surface area contributed by atoms with Gasteiger partial charge in [0, 0.05) is 24.7 Å². The molecule has 1 atom stereocenters. The van der Waals surface area contributed by atoms with Crippen molar-refractivity contribution in [2.75, 3.05) is 20.1 Å². The van der Waals surface area contributed by atoms with Crippen LogP contribution in [0.25, 0.3) is 0 Å². The van der Waals surface area contributed by atoms with E-state index in [1.807, 2.05) is 13.8 Å². The summed E-state index contributed by atoms with van der Waals surface area (Å²) in [5.41, 5.74) is -0.0159. The van der Waals surface area contributed by atoms with Gasteiger partial charge in [-0.05, 0) is 33.7 Å². The second-order valence-electron chi connectivity index (χ2n) is 6.29. The quantitative estimate of drug-likeness (QED) is 0.795. The molecule has 0 spiro atoms. The lowest BCUT2D eigenvalue weighted by atomic mass is 10.0. The van der Waals surface area contributed by atoms with Crippen molar-refractivity contribution in [2.24, 2.45) is 5.92 Å². The molecule has 0 heterocycles. The molecule has 0 aromatic rings. The molecule has 0 amide bonds. The molecule has 0 fully saturated rings. The molecule has 110 valence electrons. The Labute approximate surface area is 109 Å². The molecular formula is C13H27F3N2. The van der Waals surface area contributed by atoms with Crippen LogP contribution in [0.15, 0.2) is 0 Å². The van der Waals surface area contributed by atoms with Crippen LogP contribution < -0.4 is 5.32 Å². The van der Waals surface area contributed by atoms with Crippen molar-refractivity contribution < 1.29 is 13.2 Å². The van der Waals surface area contributed by atoms with Gasteiger partial charge in [-0.3, -0.25) is 0 Å². The summed E-state index contributed by atoms with van der Waals surface area (Å²) in [6.45, 7) is 11.0. The topological polar surface area (TPSA) is 15.3 Å². The highest BCUT2D eigenvalue weighted by Gasteiger charge is 2.29. The van der Waals surface area contributed by atoms with Gasteiger partial charge in [0.2, 0.25) is 0 Å². The number of halogens is 3. The van der Waals surface area contributed by atoms with Gasteiger partial charge in [-0.1, -0.05) is 13.8 Å². The second kappa shape index (κ2) is 6.75. The van der Waals surface area contributed by atoms with Crippen LogP contribution in [0.5, 0.6) is 0 Å². The normalized spacial score (nSPS) is 15.5. The van der Waals surface area contributed by atoms with Gasteiger partial charge in [0.25, 0.3) is 0 Å². The SMILES string of the molecule is CC(C)C(CNC(C)(C)C)N(C)CCC(F)(F)F. The van der Waals surface area contributed by atoms with E-state index in [2.05, 4.69) is 26.1 Å². The summed E-state index contributed by atoms with van der Waals surface area (Å²) in [6.07, 6.45) is -4.82. The maximum Gasteiger partial charge on any atom is 0.390 e. The number of likely N-dealkylation sites (N-methyl/N-ethyl adjacent to an activating group) is 1. The van der Waals surface area contributed by atoms with Crippen LogP contribution in [-0.2, 0) is 0 Å². The molecule has 1 unspecified atom stereocenters. The maximum atomic E-state index is 12.2. The van der Waals surface area contributed by atoms with Gasteiger partial charge in [0.15, 0.2) is 0 Å². The highest BCUT2D eigenvalue weighted by molar-refractivity contribution is 4.80. The fourth-order valence-corrected chi connectivity index (χ4v) is 1.78. The maximum absolute atomic E-state index is 12.2. The minimum Gasteiger partial charge on any atom is -0.311 e. The third kappa shape index (κ3) is 8.75. The van der Waals surface area contributed by atoms with Crippen LogP contribution in [-0.4, -0.2) is 42.8 Å². The number of alkyl halides is 3. The average molecular weight is 268 g/mol. The third-order valence-electron chi connectivity index (χ3n) is 2.93. The molecule has 0 rings (SSSR count). The summed E-state index contributed by atoms with van der Waals surface area (Å²) < 4.78 is 36.6. The van der Waals surface area contributed by atoms with E-state index in [1.165, 1.54) is 0 Å². The van der Waals surface area contributed by atoms with Crippen molar-refractivity contribution in [1.82, 2.24) is 10.2 Å². The summed E-state index contributed by atoms with van der Waals surface area (Å²) in [5.74, 6) is 0.318. The Kier molecular flexibility index (Phi) is 6.65. The predicted octanol–water partition coefficient (Wildman–Crippen LogP) is 3.28. The molecule has 0 aromatic heterocycles. The zero-order chi connectivity index (χ0) is 14.6. The molecule has 0 aromatic carbocycles. The summed E-state index contributed by atoms with van der Waals surface area (Å²) in [5, 5.41) is 3.36. The van der Waals surface area contributed by atoms with Gasteiger partial charge in [-0.15, -0.1) is 0 Å². The molecule has 5 heteroatoms. The van der Waals surface area contributed by atoms with E-state index in [0.717, 1.165) is 0 Å². The Morgan fingerprint density at radius 3 is 1.94 bits per heavy atom. The lowest BCUT2D eigenvalue weighted by Gasteiger charge is -2.34. The van der Waals surface area contributed by atoms with Crippen LogP contribution in [0.2, 0.25) is 0 Å². The number of nitrogens with one attached hydrogen (secondary N) is 1. The van der Waals surface area contributed by atoms with Gasteiger partial charge in [0.1, 0.15) is 0 Å². The Hall–Kier alpha value is -0.290. The predicted molar refractivity (Wildman–Crippen MR) is 69.7 cm³/mol. The zero-order valence-electron chi connectivity index (χ0n) is 12.4. The number of nitrogens with zero attached hydrogens (tertiary/aromatic N) is 1. The van der Waals surface area contributed by atoms with Crippen molar-refractivity contribution in [1.29, 1.82) is 0 Å². The Bertz CT molecular complexity index is 231. The molecule has 18 heavy (non-hydrogen) atoms. The summed E-state index contributed by atoms with van der Waals surface area (Å²) in [7, 11) is 1.76. The number of hydrogen-bond donors (Lipinski definition) is 1. The highest BCUT2D eigenvalue weighted by Crippen LogP contribution is 2.21. The molecule has 0 aliphatic rings. The Morgan fingerprint density at radius 1 is 1.11 bits per heavy atom. The van der Waals surface area contributed by atoms with E-state index >= 15 is 0 Å². The van der Waals surface area contributed by atoms with Crippen molar-refractivity contribution >= 4 is 0 Å². The first-order valence-electron chi connectivity index (χ1n) is 6.44. The first-order valence-corrected chi connectivity index (χ1v) is 6.44. The molecular weight excluding hydrogens is 241 g/mol. The summed E-state index contributed by atoms with van der Waals surface area (Å²) >= 11 is 0. The van der Waals surface area contributed by atoms with Crippen molar-refractivity contribution in [2.45, 2.75) is 58.8 Å². The summed E-state index contributed by atoms with van der Waals surface area (Å²) in [6, 6.07) is 0.117. The largest absolute Gasteiger partial charge is 0.390 e. The molecule has 0 saturated heterocycles. The molecule has 0 saturated carbocycles. The molecule has 2 nitrogen and oxygen atoms in total. The van der Waals surface area contributed by atoms with Gasteiger partial charge in [0.05, 0.1) is 6.42 Å². The van der Waals surface area contributed by atoms with E-state index in [9.17, 15) is 13.2 Å². The first kappa shape index (κ1) is 17.7. The smallest absolute Gasteiger partial charge is 0.311 e. The molecule has 1 N–H and O–H groups in total. The van der Waals surface area contributed by atoms with E-state index in [4.69, 9.17) is 0 Å². The number of hydrogen-bond acceptors (Lipinski definition) is 2. The van der Waals surface area contributed by atoms with E-state index < -0.39 is 12.6 Å². The monoisotopic (exact) mass is 268 g/mol. The minimum atomic E-state index is -4.08. The third-order valence-corrected chi connectivity index (χ3v) is 2.93. The molecule has 0 bridgehead atoms. The molecule has 0 aliphatic carbocycles. The standard InChI is InChI=1S/C13H27F3N2/c1-10(2)11(9-17-12(3,4)5)18(6)8-7-13(14,15)16/h10-11,17H,7-9H2,1-6H3. The lowest BCUT2D eigenvalue weighted by molar-refractivity contribution is -0.138. The summed E-state index contributed by atoms with van der Waals surface area (Å²) in [4.78, 5) is 1.80. The second-order valence-corrected chi connectivity index (χ2v) is 6.29. The van der Waals surface area contributed by atoms with Crippen LogP contribution in [0.4, 0.5) is 13.2 Å². The molecule has 0 radical (unpaired) electrons. The minimum absolute atomic E-state index is 0.0159. The van der Waals surface area contributed by atoms with E-state index in [-0.39, 0.29) is 18.1 Å². The fraction of sp³-hybridized carbons (Fsp3) is 1.00. The van der Waals surface area contributed by atoms with E-state index in [1.54, 1.807) is 11.9 Å². The van der Waals surface area contributed by atoms with Gasteiger partial charge in [-0.2, -0.15) is 13.2 Å². The highest BCUT2D eigenvalue weighted by atomic mass is 19.4. The molecule has 0 aliphatic heterocycles. The Balaban J connectivity index is 4.32. The lowest BCUT2D eigenvalue weighted by Crippen LogP contribution is -2.49. The van der Waals surface area contributed by atoms with Crippen molar-refractivity contribution in [3.05, 3.63) is 0 Å². The van der Waals surface area contributed by atoms with Crippen LogP contribution >= 0.6 is 0 Å². The van der Waals surface area contributed by atoms with Gasteiger partial charge in [-0.25, -0.2) is 0 Å². The van der Waals surface area contributed by atoms with Gasteiger partial charge < -0.3 is 10.2 Å². The van der Waals surface area contributed by atoms with Crippen molar-refractivity contribution in [3.63, 3.8) is 0 Å².